The van der Waals surface area contributed by atoms with Gasteiger partial charge in [0.05, 0.1) is 13.2 Å². The fourth-order valence-corrected chi connectivity index (χ4v) is 2.90. The van der Waals surface area contributed by atoms with Gasteiger partial charge in [-0.25, -0.2) is 9.97 Å². The number of morpholine rings is 1. The van der Waals surface area contributed by atoms with Gasteiger partial charge in [0, 0.05) is 26.2 Å². The number of nitrogens with one attached hydrogen (secondary N) is 2. The third-order valence-corrected chi connectivity index (χ3v) is 4.51. The first-order valence-electron chi connectivity index (χ1n) is 9.16. The minimum atomic E-state index is 0.561. The summed E-state index contributed by atoms with van der Waals surface area (Å²) in [5.41, 5.74) is 9.22. The van der Waals surface area contributed by atoms with E-state index in [2.05, 4.69) is 56.7 Å². The quantitative estimate of drug-likeness (QED) is 0.624. The lowest BCUT2D eigenvalue weighted by Gasteiger charge is -2.26. The monoisotopic (exact) mass is 356 g/mol. The number of nitrogens with two attached hydrogens (primary N) is 1. The third kappa shape index (κ3) is 5.31. The Morgan fingerprint density at radius 3 is 2.50 bits per heavy atom. The van der Waals surface area contributed by atoms with Gasteiger partial charge in [-0.05, 0) is 25.5 Å². The molecule has 0 spiro atoms. The molecule has 7 nitrogen and oxygen atoms in total. The normalized spacial score (nSPS) is 15.0. The molecular formula is C19H28N6O. The Morgan fingerprint density at radius 2 is 1.77 bits per heavy atom. The van der Waals surface area contributed by atoms with Crippen molar-refractivity contribution in [1.29, 1.82) is 0 Å². The van der Waals surface area contributed by atoms with E-state index in [0.29, 0.717) is 23.9 Å². The van der Waals surface area contributed by atoms with E-state index in [1.54, 1.807) is 0 Å². The van der Waals surface area contributed by atoms with Crippen LogP contribution in [0.15, 0.2) is 30.6 Å². The van der Waals surface area contributed by atoms with Crippen molar-refractivity contribution in [2.45, 2.75) is 19.9 Å². The van der Waals surface area contributed by atoms with E-state index in [1.165, 1.54) is 17.5 Å². The van der Waals surface area contributed by atoms with Gasteiger partial charge < -0.3 is 21.1 Å². The number of ether oxygens (including phenoxy) is 1. The van der Waals surface area contributed by atoms with Crippen LogP contribution in [0.4, 0.5) is 17.3 Å². The zero-order chi connectivity index (χ0) is 18.2. The zero-order valence-electron chi connectivity index (χ0n) is 15.4. The van der Waals surface area contributed by atoms with Gasteiger partial charge in [0.25, 0.3) is 0 Å². The summed E-state index contributed by atoms with van der Waals surface area (Å²) < 4.78 is 5.37. The Labute approximate surface area is 155 Å². The molecule has 140 valence electrons. The minimum Gasteiger partial charge on any atom is -0.393 e. The summed E-state index contributed by atoms with van der Waals surface area (Å²) in [5.74, 6) is 1.35. The number of aryl methyl sites for hydroxylation is 1. The molecule has 0 radical (unpaired) electrons. The summed E-state index contributed by atoms with van der Waals surface area (Å²) in [7, 11) is 0. The van der Waals surface area contributed by atoms with Gasteiger partial charge in [-0.3, -0.25) is 4.90 Å². The van der Waals surface area contributed by atoms with Crippen LogP contribution in [0.1, 0.15) is 17.5 Å². The first-order valence-corrected chi connectivity index (χ1v) is 9.16. The van der Waals surface area contributed by atoms with Crippen LogP contribution in [0, 0.1) is 6.92 Å². The van der Waals surface area contributed by atoms with E-state index < -0.39 is 0 Å². The van der Waals surface area contributed by atoms with Gasteiger partial charge in [0.2, 0.25) is 0 Å². The van der Waals surface area contributed by atoms with Crippen LogP contribution in [-0.4, -0.2) is 54.3 Å². The van der Waals surface area contributed by atoms with Gasteiger partial charge in [0.15, 0.2) is 11.6 Å². The van der Waals surface area contributed by atoms with Crippen LogP contribution in [0.5, 0.6) is 0 Å². The molecule has 2 heterocycles. The summed E-state index contributed by atoms with van der Waals surface area (Å²) in [5, 5.41) is 6.62. The summed E-state index contributed by atoms with van der Waals surface area (Å²) in [6, 6.07) is 8.40. The van der Waals surface area contributed by atoms with Gasteiger partial charge in [0.1, 0.15) is 12.0 Å². The Kier molecular flexibility index (Phi) is 6.62. The molecule has 2 aromatic rings. The average molecular weight is 356 g/mol. The first kappa shape index (κ1) is 18.4. The van der Waals surface area contributed by atoms with E-state index >= 15 is 0 Å². The molecule has 3 rings (SSSR count). The fraction of sp³-hybridized carbons (Fsp3) is 0.474. The maximum atomic E-state index is 6.22. The van der Waals surface area contributed by atoms with Crippen LogP contribution < -0.4 is 16.4 Å². The molecule has 0 amide bonds. The van der Waals surface area contributed by atoms with Crippen LogP contribution in [0.2, 0.25) is 0 Å². The Bertz CT molecular complexity index is 685. The Balaban J connectivity index is 1.47. The minimum absolute atomic E-state index is 0.561. The van der Waals surface area contributed by atoms with Crippen molar-refractivity contribution in [3.05, 3.63) is 41.7 Å². The number of hydrogen-bond acceptors (Lipinski definition) is 7. The highest BCUT2D eigenvalue weighted by Crippen LogP contribution is 2.22. The third-order valence-electron chi connectivity index (χ3n) is 4.51. The van der Waals surface area contributed by atoms with Gasteiger partial charge >= 0.3 is 0 Å². The molecule has 1 aromatic heterocycles. The van der Waals surface area contributed by atoms with E-state index in [0.717, 1.165) is 45.8 Å². The van der Waals surface area contributed by atoms with E-state index in [9.17, 15) is 0 Å². The second kappa shape index (κ2) is 9.35. The Hall–Kier alpha value is -2.38. The summed E-state index contributed by atoms with van der Waals surface area (Å²) >= 11 is 0. The van der Waals surface area contributed by atoms with Crippen molar-refractivity contribution >= 4 is 17.3 Å². The number of nitrogen functional groups attached to an aromatic ring is 1. The molecule has 26 heavy (non-hydrogen) atoms. The number of anilines is 3. The van der Waals surface area contributed by atoms with Gasteiger partial charge in [-0.15, -0.1) is 0 Å². The molecule has 1 aromatic carbocycles. The van der Waals surface area contributed by atoms with Gasteiger partial charge in [-0.2, -0.15) is 0 Å². The van der Waals surface area contributed by atoms with Crippen molar-refractivity contribution in [1.82, 2.24) is 14.9 Å². The summed E-state index contributed by atoms with van der Waals surface area (Å²) in [6.07, 6.45) is 2.58. The maximum absolute atomic E-state index is 6.22. The lowest BCUT2D eigenvalue weighted by atomic mass is 10.1. The van der Waals surface area contributed by atoms with E-state index in [1.807, 2.05) is 0 Å². The van der Waals surface area contributed by atoms with E-state index in [4.69, 9.17) is 10.5 Å². The molecule has 0 unspecified atom stereocenters. The van der Waals surface area contributed by atoms with Crippen molar-refractivity contribution in [2.75, 3.05) is 55.8 Å². The van der Waals surface area contributed by atoms with Crippen LogP contribution in [0.25, 0.3) is 0 Å². The smallest absolute Gasteiger partial charge is 0.155 e. The van der Waals surface area contributed by atoms with Crippen LogP contribution in [0.3, 0.4) is 0 Å². The SMILES string of the molecule is Cc1ccc(CNc2ncnc(NCCCN3CCOCC3)c2N)cc1. The molecule has 1 fully saturated rings. The predicted octanol–water partition coefficient (Wildman–Crippen LogP) is 2.11. The first-order chi connectivity index (χ1) is 12.7. The molecule has 7 heteroatoms. The van der Waals surface area contributed by atoms with Crippen molar-refractivity contribution < 1.29 is 4.74 Å². The Morgan fingerprint density at radius 1 is 1.08 bits per heavy atom. The molecule has 0 saturated carbocycles. The maximum Gasteiger partial charge on any atom is 0.155 e. The van der Waals surface area contributed by atoms with Crippen molar-refractivity contribution in [3.63, 3.8) is 0 Å². The number of rotatable bonds is 8. The molecule has 1 aliphatic heterocycles. The number of benzene rings is 1. The highest BCUT2D eigenvalue weighted by atomic mass is 16.5. The largest absolute Gasteiger partial charge is 0.393 e. The number of aromatic nitrogens is 2. The number of nitrogens with zero attached hydrogens (tertiary/aromatic N) is 3. The molecule has 0 bridgehead atoms. The summed E-state index contributed by atoms with van der Waals surface area (Å²) in [6.45, 7) is 8.35. The molecule has 4 N–H and O–H groups in total. The highest BCUT2D eigenvalue weighted by Gasteiger charge is 2.10. The van der Waals surface area contributed by atoms with Crippen LogP contribution in [-0.2, 0) is 11.3 Å². The number of hydrogen-bond donors (Lipinski definition) is 3. The molecule has 0 atom stereocenters. The lowest BCUT2D eigenvalue weighted by Crippen LogP contribution is -2.37. The fourth-order valence-electron chi connectivity index (χ4n) is 2.90. The zero-order valence-corrected chi connectivity index (χ0v) is 15.4. The topological polar surface area (TPSA) is 88.3 Å². The second-order valence-corrected chi connectivity index (χ2v) is 6.56. The van der Waals surface area contributed by atoms with Gasteiger partial charge in [-0.1, -0.05) is 29.8 Å². The van der Waals surface area contributed by atoms with E-state index in [-0.39, 0.29) is 0 Å². The highest BCUT2D eigenvalue weighted by molar-refractivity contribution is 5.73. The van der Waals surface area contributed by atoms with Crippen molar-refractivity contribution in [2.24, 2.45) is 0 Å². The lowest BCUT2D eigenvalue weighted by molar-refractivity contribution is 0.0378. The van der Waals surface area contributed by atoms with Crippen molar-refractivity contribution in [3.8, 4) is 0 Å². The standard InChI is InChI=1S/C19H28N6O/c1-15-3-5-16(6-4-15)13-22-19-17(20)18(23-14-24-19)21-7-2-8-25-9-11-26-12-10-25/h3-6,14H,2,7-13,20H2,1H3,(H2,21,22,23,24). The second-order valence-electron chi connectivity index (χ2n) is 6.56. The molecule has 1 aliphatic rings. The molecular weight excluding hydrogens is 328 g/mol. The summed E-state index contributed by atoms with van der Waals surface area (Å²) in [4.78, 5) is 11.0. The predicted molar refractivity (Wildman–Crippen MR) is 105 cm³/mol. The van der Waals surface area contributed by atoms with Crippen LogP contribution >= 0.6 is 0 Å². The average Bonchev–Trinajstić information content (AvgIpc) is 2.67. The molecule has 0 aliphatic carbocycles. The molecule has 1 saturated heterocycles.